The van der Waals surface area contributed by atoms with Gasteiger partial charge in [0.1, 0.15) is 0 Å². The first-order chi connectivity index (χ1) is 7.90. The van der Waals surface area contributed by atoms with E-state index in [0.29, 0.717) is 17.8 Å². The standard InChI is InChI=1S/C9H17N5O2S/c1-4-8(5-10)17(15,16)14-9-11-6(2)7(3)12-13-9/h8H,4-5,10H2,1-3H3,(H,11,13,14). The van der Waals surface area contributed by atoms with Crippen LogP contribution in [0.25, 0.3) is 0 Å². The van der Waals surface area contributed by atoms with Crippen molar-refractivity contribution >= 4 is 16.0 Å². The van der Waals surface area contributed by atoms with Crippen molar-refractivity contribution < 1.29 is 8.42 Å². The zero-order chi connectivity index (χ0) is 13.1. The summed E-state index contributed by atoms with van der Waals surface area (Å²) in [7, 11) is -3.55. The van der Waals surface area contributed by atoms with Crippen LogP contribution in [0.3, 0.4) is 0 Å². The van der Waals surface area contributed by atoms with Crippen LogP contribution in [0.15, 0.2) is 0 Å². The molecule has 7 nitrogen and oxygen atoms in total. The van der Waals surface area contributed by atoms with Gasteiger partial charge in [0.15, 0.2) is 0 Å². The van der Waals surface area contributed by atoms with E-state index >= 15 is 0 Å². The predicted octanol–water partition coefficient (Wildman–Crippen LogP) is -0.0326. The van der Waals surface area contributed by atoms with Gasteiger partial charge in [-0.3, -0.25) is 0 Å². The van der Waals surface area contributed by atoms with Crippen LogP contribution in [0.2, 0.25) is 0 Å². The Morgan fingerprint density at radius 2 is 1.94 bits per heavy atom. The van der Waals surface area contributed by atoms with E-state index in [-0.39, 0.29) is 12.5 Å². The molecule has 1 unspecified atom stereocenters. The van der Waals surface area contributed by atoms with Crippen molar-refractivity contribution in [2.24, 2.45) is 5.73 Å². The quantitative estimate of drug-likeness (QED) is 0.768. The van der Waals surface area contributed by atoms with Gasteiger partial charge in [-0.15, -0.1) is 5.10 Å². The summed E-state index contributed by atoms with van der Waals surface area (Å²) < 4.78 is 26.0. The molecule has 96 valence electrons. The smallest absolute Gasteiger partial charge is 0.256 e. The summed E-state index contributed by atoms with van der Waals surface area (Å²) in [6.45, 7) is 5.31. The molecular formula is C9H17N5O2S. The van der Waals surface area contributed by atoms with Gasteiger partial charge in [-0.25, -0.2) is 18.1 Å². The third kappa shape index (κ3) is 3.34. The van der Waals surface area contributed by atoms with E-state index in [4.69, 9.17) is 5.73 Å². The Bertz CT molecular complexity index is 484. The van der Waals surface area contributed by atoms with E-state index in [1.165, 1.54) is 0 Å². The zero-order valence-corrected chi connectivity index (χ0v) is 11.0. The SMILES string of the molecule is CCC(CN)S(=O)(=O)Nc1nnc(C)c(C)n1. The number of aryl methyl sites for hydroxylation is 2. The molecule has 0 saturated heterocycles. The van der Waals surface area contributed by atoms with Gasteiger partial charge < -0.3 is 5.73 Å². The molecule has 0 aliphatic carbocycles. The van der Waals surface area contributed by atoms with Gasteiger partial charge in [0.05, 0.1) is 16.6 Å². The first kappa shape index (κ1) is 13.8. The van der Waals surface area contributed by atoms with Crippen molar-refractivity contribution in [1.29, 1.82) is 0 Å². The highest BCUT2D eigenvalue weighted by atomic mass is 32.2. The largest absolute Gasteiger partial charge is 0.329 e. The van der Waals surface area contributed by atoms with Crippen LogP contribution in [-0.2, 0) is 10.0 Å². The van der Waals surface area contributed by atoms with Crippen LogP contribution in [0.1, 0.15) is 24.7 Å². The summed E-state index contributed by atoms with van der Waals surface area (Å²) >= 11 is 0. The van der Waals surface area contributed by atoms with Gasteiger partial charge in [0.2, 0.25) is 10.0 Å². The molecule has 3 N–H and O–H groups in total. The molecule has 1 heterocycles. The number of nitrogens with two attached hydrogens (primary N) is 1. The molecule has 1 aromatic heterocycles. The summed E-state index contributed by atoms with van der Waals surface area (Å²) in [5.41, 5.74) is 6.70. The molecule has 0 spiro atoms. The van der Waals surface area contributed by atoms with Gasteiger partial charge in [-0.1, -0.05) is 6.92 Å². The van der Waals surface area contributed by atoms with Gasteiger partial charge in [0.25, 0.3) is 5.95 Å². The van der Waals surface area contributed by atoms with Crippen molar-refractivity contribution in [3.8, 4) is 0 Å². The second-order valence-electron chi connectivity index (χ2n) is 3.72. The first-order valence-corrected chi connectivity index (χ1v) is 6.85. The average molecular weight is 259 g/mol. The molecule has 17 heavy (non-hydrogen) atoms. The molecule has 1 aromatic rings. The lowest BCUT2D eigenvalue weighted by Gasteiger charge is -2.14. The minimum Gasteiger partial charge on any atom is -0.329 e. The minimum atomic E-state index is -3.55. The minimum absolute atomic E-state index is 0.0139. The first-order valence-electron chi connectivity index (χ1n) is 5.30. The van der Waals surface area contributed by atoms with E-state index in [1.807, 2.05) is 0 Å². The van der Waals surface area contributed by atoms with Gasteiger partial charge in [-0.05, 0) is 20.3 Å². The van der Waals surface area contributed by atoms with Gasteiger partial charge in [0, 0.05) is 6.54 Å². The third-order valence-electron chi connectivity index (χ3n) is 2.48. The normalized spacial score (nSPS) is 13.4. The molecule has 0 radical (unpaired) electrons. The second-order valence-corrected chi connectivity index (χ2v) is 5.68. The summed E-state index contributed by atoms with van der Waals surface area (Å²) in [5.74, 6) is -0.0139. The van der Waals surface area contributed by atoms with Crippen LogP contribution in [-0.4, -0.2) is 35.4 Å². The monoisotopic (exact) mass is 259 g/mol. The van der Waals surface area contributed by atoms with Crippen LogP contribution in [0, 0.1) is 13.8 Å². The van der Waals surface area contributed by atoms with E-state index in [0.717, 1.165) is 0 Å². The Hall–Kier alpha value is -1.28. The molecule has 0 amide bonds. The van der Waals surface area contributed by atoms with E-state index in [1.54, 1.807) is 20.8 Å². The molecule has 0 aliphatic heterocycles. The topological polar surface area (TPSA) is 111 Å². The Morgan fingerprint density at radius 3 is 2.41 bits per heavy atom. The number of hydrogen-bond acceptors (Lipinski definition) is 6. The molecule has 8 heteroatoms. The Morgan fingerprint density at radius 1 is 1.29 bits per heavy atom. The molecule has 0 aliphatic rings. The fourth-order valence-electron chi connectivity index (χ4n) is 1.22. The predicted molar refractivity (Wildman–Crippen MR) is 65.0 cm³/mol. The maximum absolute atomic E-state index is 11.9. The lowest BCUT2D eigenvalue weighted by atomic mass is 10.3. The maximum Gasteiger partial charge on any atom is 0.256 e. The third-order valence-corrected chi connectivity index (χ3v) is 4.35. The molecule has 1 rings (SSSR count). The summed E-state index contributed by atoms with van der Waals surface area (Å²) in [4.78, 5) is 4.00. The Balaban J connectivity index is 2.94. The average Bonchev–Trinajstić information content (AvgIpc) is 2.24. The van der Waals surface area contributed by atoms with Gasteiger partial charge >= 0.3 is 0 Å². The summed E-state index contributed by atoms with van der Waals surface area (Å²) in [6, 6.07) is 0. The summed E-state index contributed by atoms with van der Waals surface area (Å²) in [5, 5.41) is 6.84. The van der Waals surface area contributed by atoms with Crippen LogP contribution in [0.5, 0.6) is 0 Å². The number of anilines is 1. The Labute approximate surface area is 101 Å². The number of nitrogens with zero attached hydrogens (tertiary/aromatic N) is 3. The molecule has 0 saturated carbocycles. The number of hydrogen-bond donors (Lipinski definition) is 2. The zero-order valence-electron chi connectivity index (χ0n) is 10.1. The number of aromatic nitrogens is 3. The highest BCUT2D eigenvalue weighted by molar-refractivity contribution is 7.93. The van der Waals surface area contributed by atoms with E-state index < -0.39 is 15.3 Å². The van der Waals surface area contributed by atoms with Crippen LogP contribution < -0.4 is 10.5 Å². The van der Waals surface area contributed by atoms with Crippen LogP contribution in [0.4, 0.5) is 5.95 Å². The van der Waals surface area contributed by atoms with Crippen molar-refractivity contribution in [3.63, 3.8) is 0 Å². The van der Waals surface area contributed by atoms with Crippen molar-refractivity contribution in [2.45, 2.75) is 32.4 Å². The van der Waals surface area contributed by atoms with Gasteiger partial charge in [-0.2, -0.15) is 5.10 Å². The lowest BCUT2D eigenvalue weighted by Crippen LogP contribution is -2.34. The second kappa shape index (κ2) is 5.37. The molecule has 0 bridgehead atoms. The maximum atomic E-state index is 11.9. The molecular weight excluding hydrogens is 242 g/mol. The Kier molecular flexibility index (Phi) is 4.35. The molecule has 0 aromatic carbocycles. The molecule has 0 fully saturated rings. The number of sulfonamides is 1. The number of rotatable bonds is 5. The van der Waals surface area contributed by atoms with Crippen molar-refractivity contribution in [1.82, 2.24) is 15.2 Å². The summed E-state index contributed by atoms with van der Waals surface area (Å²) in [6.07, 6.45) is 0.435. The molecule has 1 atom stereocenters. The van der Waals surface area contributed by atoms with E-state index in [9.17, 15) is 8.42 Å². The van der Waals surface area contributed by atoms with E-state index in [2.05, 4.69) is 19.9 Å². The lowest BCUT2D eigenvalue weighted by molar-refractivity contribution is 0.581. The van der Waals surface area contributed by atoms with Crippen molar-refractivity contribution in [3.05, 3.63) is 11.4 Å². The fraction of sp³-hybridized carbons (Fsp3) is 0.667. The number of nitrogens with one attached hydrogen (secondary N) is 1. The van der Waals surface area contributed by atoms with Crippen LogP contribution >= 0.6 is 0 Å². The highest BCUT2D eigenvalue weighted by Gasteiger charge is 2.23. The highest BCUT2D eigenvalue weighted by Crippen LogP contribution is 2.09. The van der Waals surface area contributed by atoms with Crippen molar-refractivity contribution in [2.75, 3.05) is 11.3 Å². The fourth-order valence-corrected chi connectivity index (χ4v) is 2.42.